The Morgan fingerprint density at radius 2 is 2.25 bits per heavy atom. The predicted molar refractivity (Wildman–Crippen MR) is 102 cm³/mol. The number of amides is 3. The van der Waals surface area contributed by atoms with Crippen LogP contribution < -0.4 is 10.6 Å². The molecule has 2 fully saturated rings. The smallest absolute Gasteiger partial charge is 0.274 e. The molecule has 10 heteroatoms. The first-order valence-electron chi connectivity index (χ1n) is 9.35. The van der Waals surface area contributed by atoms with Gasteiger partial charge in [-0.05, 0) is 18.9 Å². The van der Waals surface area contributed by atoms with Crippen molar-refractivity contribution in [3.63, 3.8) is 0 Å². The van der Waals surface area contributed by atoms with Gasteiger partial charge in [-0.1, -0.05) is 13.1 Å². The lowest BCUT2D eigenvalue weighted by Gasteiger charge is -2.25. The number of carbonyl (C=O) groups is 3. The minimum absolute atomic E-state index is 0.0802. The molecule has 28 heavy (non-hydrogen) atoms. The summed E-state index contributed by atoms with van der Waals surface area (Å²) < 4.78 is 0. The molecule has 2 saturated heterocycles. The van der Waals surface area contributed by atoms with E-state index in [0.717, 1.165) is 0 Å². The van der Waals surface area contributed by atoms with E-state index in [1.165, 1.54) is 18.6 Å². The van der Waals surface area contributed by atoms with Crippen LogP contribution in [0.15, 0.2) is 18.6 Å². The van der Waals surface area contributed by atoms with Crippen LogP contribution >= 0.6 is 0 Å². The lowest BCUT2D eigenvalue weighted by Crippen LogP contribution is -2.49. The number of carbonyl (C=O) groups excluding carboxylic acids is 3. The first-order chi connectivity index (χ1) is 13.3. The molecule has 3 atom stereocenters. The Morgan fingerprint density at radius 3 is 2.86 bits per heavy atom. The van der Waals surface area contributed by atoms with Crippen LogP contribution in [0.4, 0.5) is 0 Å². The molecule has 0 aromatic carbocycles. The summed E-state index contributed by atoms with van der Waals surface area (Å²) in [4.78, 5) is 47.1. The monoisotopic (exact) mass is 400 g/mol. The quantitative estimate of drug-likeness (QED) is 0.674. The molecule has 0 unspecified atom stereocenters. The molecule has 9 nitrogen and oxygen atoms in total. The van der Waals surface area contributed by atoms with Crippen LogP contribution in [0.2, 0.25) is 19.1 Å². The molecular weight excluding hydrogens is 376 g/mol. The highest BCUT2D eigenvalue weighted by Gasteiger charge is 2.45. The van der Waals surface area contributed by atoms with Gasteiger partial charge in [-0.2, -0.15) is 5.26 Å². The van der Waals surface area contributed by atoms with Crippen LogP contribution in [0.1, 0.15) is 23.3 Å². The lowest BCUT2D eigenvalue weighted by molar-refractivity contribution is -0.126. The normalized spacial score (nSPS) is 24.3. The van der Waals surface area contributed by atoms with Gasteiger partial charge in [-0.25, -0.2) is 4.98 Å². The van der Waals surface area contributed by atoms with E-state index in [0.29, 0.717) is 25.2 Å². The molecule has 0 bridgehead atoms. The Morgan fingerprint density at radius 1 is 1.46 bits per heavy atom. The lowest BCUT2D eigenvalue weighted by atomic mass is 9.99. The fourth-order valence-electron chi connectivity index (χ4n) is 3.84. The molecule has 2 aliphatic rings. The second kappa shape index (κ2) is 8.06. The highest BCUT2D eigenvalue weighted by molar-refractivity contribution is 6.79. The number of aromatic nitrogens is 2. The van der Waals surface area contributed by atoms with Crippen LogP contribution in [0, 0.1) is 17.2 Å². The third-order valence-corrected chi connectivity index (χ3v) is 7.91. The first kappa shape index (κ1) is 19.9. The topological polar surface area (TPSA) is 128 Å². The maximum absolute atomic E-state index is 12.9. The van der Waals surface area contributed by atoms with Crippen molar-refractivity contribution in [1.29, 1.82) is 5.26 Å². The van der Waals surface area contributed by atoms with E-state index in [2.05, 4.69) is 39.8 Å². The van der Waals surface area contributed by atoms with Crippen molar-refractivity contribution in [2.24, 2.45) is 5.92 Å². The largest absolute Gasteiger partial charge is 0.356 e. The highest BCUT2D eigenvalue weighted by Crippen LogP contribution is 2.28. The molecule has 1 aromatic heterocycles. The third kappa shape index (κ3) is 4.36. The fourth-order valence-corrected chi connectivity index (χ4v) is 6.71. The van der Waals surface area contributed by atoms with E-state index in [1.54, 1.807) is 4.90 Å². The molecule has 2 aliphatic heterocycles. The average Bonchev–Trinajstić information content (AvgIpc) is 3.23. The van der Waals surface area contributed by atoms with Crippen LogP contribution in [0.5, 0.6) is 0 Å². The number of hydrogen-bond acceptors (Lipinski definition) is 6. The van der Waals surface area contributed by atoms with Gasteiger partial charge in [-0.3, -0.25) is 19.4 Å². The summed E-state index contributed by atoms with van der Waals surface area (Å²) in [7, 11) is -1.78. The van der Waals surface area contributed by atoms with Crippen LogP contribution in [0.3, 0.4) is 0 Å². The van der Waals surface area contributed by atoms with Gasteiger partial charge in [0.1, 0.15) is 17.8 Å². The summed E-state index contributed by atoms with van der Waals surface area (Å²) >= 11 is 0. The second-order valence-corrected chi connectivity index (χ2v) is 13.2. The molecule has 0 radical (unpaired) electrons. The molecular formula is C18H24N6O3Si. The van der Waals surface area contributed by atoms with Crippen molar-refractivity contribution in [2.45, 2.75) is 44.1 Å². The van der Waals surface area contributed by atoms with E-state index in [4.69, 9.17) is 0 Å². The molecule has 148 valence electrons. The molecule has 2 N–H and O–H groups in total. The standard InChI is InChI=1S/C18H24N6O3Si/c1-28(2)10-15(24(11-28)18(27)14-9-20-5-6-21-14)17(26)23-13(8-19)7-12-3-4-22-16(12)25/h5-6,9,12-13,15H,3-4,7,10-11H2,1-2H3,(H,22,25)(H,23,26)/t12-,13-,15+/m0/s1. The Kier molecular flexibility index (Phi) is 5.74. The van der Waals surface area contributed by atoms with Gasteiger partial charge in [0.05, 0.1) is 20.3 Å². The number of nitriles is 1. The molecule has 0 aliphatic carbocycles. The zero-order valence-electron chi connectivity index (χ0n) is 16.0. The maximum Gasteiger partial charge on any atom is 0.274 e. The zero-order valence-corrected chi connectivity index (χ0v) is 17.0. The van der Waals surface area contributed by atoms with E-state index < -0.39 is 20.2 Å². The highest BCUT2D eigenvalue weighted by atomic mass is 28.3. The Bertz CT molecular complexity index is 809. The van der Waals surface area contributed by atoms with Gasteiger partial charge < -0.3 is 15.5 Å². The van der Waals surface area contributed by atoms with E-state index in [1.807, 2.05) is 0 Å². The van der Waals surface area contributed by atoms with Gasteiger partial charge in [-0.15, -0.1) is 0 Å². The summed E-state index contributed by atoms with van der Waals surface area (Å²) in [5.74, 6) is -1.02. The zero-order chi connectivity index (χ0) is 20.3. The molecule has 3 amide bonds. The first-order valence-corrected chi connectivity index (χ1v) is 12.8. The number of rotatable bonds is 5. The number of hydrogen-bond donors (Lipinski definition) is 2. The summed E-state index contributed by atoms with van der Waals surface area (Å²) in [6.07, 6.45) is 5.80. The Balaban J connectivity index is 1.71. The van der Waals surface area contributed by atoms with Gasteiger partial charge in [0.15, 0.2) is 0 Å². The molecule has 1 aromatic rings. The molecule has 3 rings (SSSR count). The van der Waals surface area contributed by atoms with Crippen LogP contribution in [-0.2, 0) is 9.59 Å². The fraction of sp³-hybridized carbons (Fsp3) is 0.556. The van der Waals surface area contributed by atoms with Gasteiger partial charge >= 0.3 is 0 Å². The minimum atomic E-state index is -1.78. The van der Waals surface area contributed by atoms with E-state index in [9.17, 15) is 19.6 Å². The van der Waals surface area contributed by atoms with Crippen molar-refractivity contribution >= 4 is 25.8 Å². The SMILES string of the molecule is C[Si]1(C)C[C@H](C(=O)N[C@H](C#N)C[C@@H]2CCNC2=O)N(C(=O)c2cnccn2)C1. The van der Waals surface area contributed by atoms with Gasteiger partial charge in [0.25, 0.3) is 5.91 Å². The van der Waals surface area contributed by atoms with Crippen molar-refractivity contribution < 1.29 is 14.4 Å². The van der Waals surface area contributed by atoms with Crippen LogP contribution in [0.25, 0.3) is 0 Å². The number of nitrogens with zero attached hydrogens (tertiary/aromatic N) is 4. The Labute approximate surface area is 164 Å². The summed E-state index contributed by atoms with van der Waals surface area (Å²) in [5, 5.41) is 14.9. The van der Waals surface area contributed by atoms with Crippen molar-refractivity contribution in [3.8, 4) is 6.07 Å². The van der Waals surface area contributed by atoms with Crippen molar-refractivity contribution in [1.82, 2.24) is 25.5 Å². The van der Waals surface area contributed by atoms with E-state index >= 15 is 0 Å². The van der Waals surface area contributed by atoms with Crippen molar-refractivity contribution in [2.75, 3.05) is 12.7 Å². The summed E-state index contributed by atoms with van der Waals surface area (Å²) in [6.45, 7) is 4.85. The van der Waals surface area contributed by atoms with Crippen LogP contribution in [-0.4, -0.2) is 65.5 Å². The average molecular weight is 401 g/mol. The minimum Gasteiger partial charge on any atom is -0.356 e. The Hall–Kier alpha value is -2.80. The van der Waals surface area contributed by atoms with Gasteiger partial charge in [0.2, 0.25) is 11.8 Å². The van der Waals surface area contributed by atoms with Gasteiger partial charge in [0, 0.05) is 31.0 Å². The maximum atomic E-state index is 12.9. The van der Waals surface area contributed by atoms with E-state index in [-0.39, 0.29) is 35.8 Å². The molecule has 0 spiro atoms. The summed E-state index contributed by atoms with van der Waals surface area (Å²) in [5.41, 5.74) is 0.200. The number of nitrogens with one attached hydrogen (secondary N) is 2. The second-order valence-electron chi connectivity index (χ2n) is 8.11. The molecule has 3 heterocycles. The summed E-state index contributed by atoms with van der Waals surface area (Å²) in [6, 6.07) is 1.29. The molecule has 0 saturated carbocycles. The van der Waals surface area contributed by atoms with Crippen molar-refractivity contribution in [3.05, 3.63) is 24.3 Å². The predicted octanol–water partition coefficient (Wildman–Crippen LogP) is 0.0832. The third-order valence-electron chi connectivity index (χ3n) is 5.22.